The maximum atomic E-state index is 12.8. The van der Waals surface area contributed by atoms with Gasteiger partial charge in [-0.15, -0.1) is 0 Å². The predicted molar refractivity (Wildman–Crippen MR) is 95.0 cm³/mol. The number of benzene rings is 1. The Hall–Kier alpha value is -3.00. The highest BCUT2D eigenvalue weighted by Crippen LogP contribution is 2.30. The number of morpholine rings is 1. The topological polar surface area (TPSA) is 82.4 Å². The van der Waals surface area contributed by atoms with Crippen LogP contribution in [0, 0.1) is 0 Å². The lowest BCUT2D eigenvalue weighted by atomic mass is 10.0. The largest absolute Gasteiger partial charge is 0.481 e. The number of hydrogen-bond acceptors (Lipinski definition) is 6. The fourth-order valence-electron chi connectivity index (χ4n) is 3.04. The van der Waals surface area contributed by atoms with Crippen LogP contribution in [0.15, 0.2) is 30.6 Å². The second-order valence-corrected chi connectivity index (χ2v) is 6.09. The summed E-state index contributed by atoms with van der Waals surface area (Å²) in [5, 5.41) is 5.20. The molecule has 0 unspecified atom stereocenters. The van der Waals surface area contributed by atoms with Crippen molar-refractivity contribution >= 4 is 16.8 Å². The number of aryl methyl sites for hydroxylation is 1. The molecule has 8 heteroatoms. The van der Waals surface area contributed by atoms with Crippen LogP contribution in [0.2, 0.25) is 0 Å². The number of hydrogen-bond donors (Lipinski definition) is 0. The third kappa shape index (κ3) is 2.99. The first-order chi connectivity index (χ1) is 12.7. The van der Waals surface area contributed by atoms with Gasteiger partial charge in [0.05, 0.1) is 25.8 Å². The standard InChI is InChI=1S/C18H19N5O3/c1-22-11-19-17(21-22)14-10-16(25-2)20-15-4-3-12(9-13(14)15)18(24)23-5-7-26-8-6-23/h3-4,9-11H,5-8H2,1-2H3. The highest BCUT2D eigenvalue weighted by molar-refractivity contribution is 6.01. The molecule has 1 fully saturated rings. The minimum atomic E-state index is -0.00838. The molecule has 1 saturated heterocycles. The number of nitrogens with zero attached hydrogens (tertiary/aromatic N) is 5. The van der Waals surface area contributed by atoms with Gasteiger partial charge in [-0.25, -0.2) is 9.97 Å². The van der Waals surface area contributed by atoms with Gasteiger partial charge < -0.3 is 14.4 Å². The zero-order valence-corrected chi connectivity index (χ0v) is 14.7. The summed E-state index contributed by atoms with van der Waals surface area (Å²) in [7, 11) is 3.38. The van der Waals surface area contributed by atoms with Gasteiger partial charge in [0.15, 0.2) is 5.82 Å². The Kier molecular flexibility index (Phi) is 4.26. The van der Waals surface area contributed by atoms with E-state index in [1.54, 1.807) is 35.2 Å². The minimum absolute atomic E-state index is 0.00838. The number of aromatic nitrogens is 4. The summed E-state index contributed by atoms with van der Waals surface area (Å²) in [6, 6.07) is 7.27. The molecule has 3 heterocycles. The van der Waals surface area contributed by atoms with E-state index in [2.05, 4.69) is 15.1 Å². The molecule has 2 aromatic heterocycles. The number of carbonyl (C=O) groups is 1. The number of ether oxygens (including phenoxy) is 2. The molecule has 8 nitrogen and oxygen atoms in total. The van der Waals surface area contributed by atoms with Gasteiger partial charge in [0.2, 0.25) is 5.88 Å². The van der Waals surface area contributed by atoms with E-state index in [1.165, 1.54) is 0 Å². The number of rotatable bonds is 3. The molecule has 0 saturated carbocycles. The summed E-state index contributed by atoms with van der Waals surface area (Å²) in [4.78, 5) is 23.4. The van der Waals surface area contributed by atoms with Crippen molar-refractivity contribution in [3.63, 3.8) is 0 Å². The minimum Gasteiger partial charge on any atom is -0.481 e. The van der Waals surface area contributed by atoms with E-state index in [1.807, 2.05) is 19.2 Å². The van der Waals surface area contributed by atoms with E-state index in [-0.39, 0.29) is 5.91 Å². The van der Waals surface area contributed by atoms with E-state index in [0.29, 0.717) is 43.6 Å². The lowest BCUT2D eigenvalue weighted by Crippen LogP contribution is -2.40. The Morgan fingerprint density at radius 3 is 2.73 bits per heavy atom. The molecular weight excluding hydrogens is 334 g/mol. The van der Waals surface area contributed by atoms with Crippen LogP contribution in [0.25, 0.3) is 22.3 Å². The molecule has 3 aromatic rings. The Morgan fingerprint density at radius 1 is 1.23 bits per heavy atom. The van der Waals surface area contributed by atoms with Gasteiger partial charge in [-0.3, -0.25) is 9.48 Å². The number of amides is 1. The smallest absolute Gasteiger partial charge is 0.254 e. The number of pyridine rings is 1. The maximum absolute atomic E-state index is 12.8. The second kappa shape index (κ2) is 6.72. The Labute approximate surface area is 150 Å². The number of carbonyl (C=O) groups excluding carboxylic acids is 1. The van der Waals surface area contributed by atoms with Crippen molar-refractivity contribution in [3.05, 3.63) is 36.2 Å². The average Bonchev–Trinajstić information content (AvgIpc) is 3.13. The molecule has 1 aliphatic heterocycles. The molecular formula is C18H19N5O3. The van der Waals surface area contributed by atoms with Crippen molar-refractivity contribution in [2.24, 2.45) is 7.05 Å². The molecule has 134 valence electrons. The molecule has 0 atom stereocenters. The molecule has 1 aromatic carbocycles. The normalized spacial score (nSPS) is 14.6. The van der Waals surface area contributed by atoms with Crippen LogP contribution in [0.1, 0.15) is 10.4 Å². The zero-order valence-electron chi connectivity index (χ0n) is 14.7. The Balaban J connectivity index is 1.82. The first-order valence-electron chi connectivity index (χ1n) is 8.37. The molecule has 4 rings (SSSR count). The highest BCUT2D eigenvalue weighted by atomic mass is 16.5. The summed E-state index contributed by atoms with van der Waals surface area (Å²) in [6.07, 6.45) is 1.64. The number of fused-ring (bicyclic) bond motifs is 1. The molecule has 0 aliphatic carbocycles. The van der Waals surface area contributed by atoms with Gasteiger partial charge in [0.25, 0.3) is 5.91 Å². The zero-order chi connectivity index (χ0) is 18.1. The molecule has 0 bridgehead atoms. The van der Waals surface area contributed by atoms with Crippen LogP contribution in [0.5, 0.6) is 5.88 Å². The average molecular weight is 353 g/mol. The third-order valence-electron chi connectivity index (χ3n) is 4.38. The second-order valence-electron chi connectivity index (χ2n) is 6.09. The van der Waals surface area contributed by atoms with Crippen molar-refractivity contribution in [1.82, 2.24) is 24.6 Å². The van der Waals surface area contributed by atoms with Crippen molar-refractivity contribution in [2.75, 3.05) is 33.4 Å². The van der Waals surface area contributed by atoms with E-state index in [4.69, 9.17) is 9.47 Å². The summed E-state index contributed by atoms with van der Waals surface area (Å²) >= 11 is 0. The fourth-order valence-corrected chi connectivity index (χ4v) is 3.04. The van der Waals surface area contributed by atoms with E-state index < -0.39 is 0 Å². The summed E-state index contributed by atoms with van der Waals surface area (Å²) < 4.78 is 12.3. The van der Waals surface area contributed by atoms with E-state index in [9.17, 15) is 4.79 Å². The molecule has 1 aliphatic rings. The van der Waals surface area contributed by atoms with E-state index >= 15 is 0 Å². The molecule has 1 amide bonds. The highest BCUT2D eigenvalue weighted by Gasteiger charge is 2.20. The summed E-state index contributed by atoms with van der Waals surface area (Å²) in [6.45, 7) is 2.35. The predicted octanol–water partition coefficient (Wildman–Crippen LogP) is 1.51. The maximum Gasteiger partial charge on any atom is 0.254 e. The van der Waals surface area contributed by atoms with Crippen molar-refractivity contribution in [2.45, 2.75) is 0 Å². The summed E-state index contributed by atoms with van der Waals surface area (Å²) in [5.74, 6) is 1.03. The van der Waals surface area contributed by atoms with Gasteiger partial charge >= 0.3 is 0 Å². The van der Waals surface area contributed by atoms with Crippen LogP contribution >= 0.6 is 0 Å². The quantitative estimate of drug-likeness (QED) is 0.710. The van der Waals surface area contributed by atoms with Crippen molar-refractivity contribution in [1.29, 1.82) is 0 Å². The van der Waals surface area contributed by atoms with Crippen LogP contribution < -0.4 is 4.74 Å². The molecule has 0 radical (unpaired) electrons. The lowest BCUT2D eigenvalue weighted by Gasteiger charge is -2.27. The lowest BCUT2D eigenvalue weighted by molar-refractivity contribution is 0.0303. The molecule has 26 heavy (non-hydrogen) atoms. The third-order valence-corrected chi connectivity index (χ3v) is 4.38. The SMILES string of the molecule is COc1cc(-c2ncn(C)n2)c2cc(C(=O)N3CCOCC3)ccc2n1. The summed E-state index contributed by atoms with van der Waals surface area (Å²) in [5.41, 5.74) is 2.12. The molecule has 0 spiro atoms. The first-order valence-corrected chi connectivity index (χ1v) is 8.37. The van der Waals surface area contributed by atoms with Crippen LogP contribution in [-0.4, -0.2) is 64.0 Å². The monoisotopic (exact) mass is 353 g/mol. The number of methoxy groups -OCH3 is 1. The van der Waals surface area contributed by atoms with Crippen LogP contribution in [0.4, 0.5) is 0 Å². The van der Waals surface area contributed by atoms with Gasteiger partial charge in [0.1, 0.15) is 6.33 Å². The van der Waals surface area contributed by atoms with Crippen molar-refractivity contribution in [3.8, 4) is 17.3 Å². The van der Waals surface area contributed by atoms with Crippen LogP contribution in [-0.2, 0) is 11.8 Å². The van der Waals surface area contributed by atoms with Gasteiger partial charge in [-0.05, 0) is 18.2 Å². The van der Waals surface area contributed by atoms with Crippen molar-refractivity contribution < 1.29 is 14.3 Å². The van der Waals surface area contributed by atoms with Gasteiger partial charge in [0, 0.05) is 42.7 Å². The van der Waals surface area contributed by atoms with Gasteiger partial charge in [-0.2, -0.15) is 5.10 Å². The van der Waals surface area contributed by atoms with E-state index in [0.717, 1.165) is 16.5 Å². The van der Waals surface area contributed by atoms with Gasteiger partial charge in [-0.1, -0.05) is 0 Å². The Bertz CT molecular complexity index is 963. The van der Waals surface area contributed by atoms with Crippen LogP contribution in [0.3, 0.4) is 0 Å². The Morgan fingerprint density at radius 2 is 2.04 bits per heavy atom. The fraction of sp³-hybridized carbons (Fsp3) is 0.333. The first kappa shape index (κ1) is 16.5. The molecule has 0 N–H and O–H groups in total.